The molecule has 0 amide bonds. The van der Waals surface area contributed by atoms with E-state index in [4.69, 9.17) is 9.47 Å². The Labute approximate surface area is 149 Å². The summed E-state index contributed by atoms with van der Waals surface area (Å²) in [6.07, 6.45) is 9.93. The Hall–Kier alpha value is -0.860. The van der Waals surface area contributed by atoms with Crippen molar-refractivity contribution >= 4 is 0 Å². The molecule has 1 rings (SSSR count). The number of unbranched alkanes of at least 4 members (excludes halogenated alkanes) is 5. The second-order valence-corrected chi connectivity index (χ2v) is 6.55. The lowest BCUT2D eigenvalue weighted by atomic mass is 9.84. The molecule has 24 heavy (non-hydrogen) atoms. The Balaban J connectivity index is 2.83. The van der Waals surface area contributed by atoms with Gasteiger partial charge in [0.2, 0.25) is 0 Å². The molecule has 0 aliphatic rings. The van der Waals surface area contributed by atoms with Gasteiger partial charge in [-0.3, -0.25) is 0 Å². The van der Waals surface area contributed by atoms with Gasteiger partial charge in [-0.2, -0.15) is 0 Å². The predicted molar refractivity (Wildman–Crippen MR) is 103 cm³/mol. The zero-order valence-corrected chi connectivity index (χ0v) is 16.4. The summed E-state index contributed by atoms with van der Waals surface area (Å²) in [6.45, 7) is 9.96. The van der Waals surface area contributed by atoms with Gasteiger partial charge in [0.15, 0.2) is 5.79 Å². The molecule has 0 bridgehead atoms. The lowest BCUT2D eigenvalue weighted by Crippen LogP contribution is -2.42. The third-order valence-corrected chi connectivity index (χ3v) is 4.85. The first-order chi connectivity index (χ1) is 11.7. The van der Waals surface area contributed by atoms with Crippen molar-refractivity contribution in [3.8, 4) is 0 Å². The van der Waals surface area contributed by atoms with Gasteiger partial charge in [-0.1, -0.05) is 82.7 Å². The molecule has 2 nitrogen and oxygen atoms in total. The van der Waals surface area contributed by atoms with E-state index in [1.807, 2.05) is 0 Å². The molecular formula is C22H38O2. The van der Waals surface area contributed by atoms with Gasteiger partial charge in [0.25, 0.3) is 0 Å². The summed E-state index contributed by atoms with van der Waals surface area (Å²) in [6, 6.07) is 10.8. The predicted octanol–water partition coefficient (Wildman–Crippen LogP) is 6.70. The highest BCUT2D eigenvalue weighted by molar-refractivity contribution is 5.22. The second kappa shape index (κ2) is 12.5. The molecule has 1 aromatic rings. The molecule has 0 spiro atoms. The van der Waals surface area contributed by atoms with Crippen LogP contribution in [0.3, 0.4) is 0 Å². The van der Waals surface area contributed by atoms with E-state index in [1.165, 1.54) is 44.1 Å². The number of rotatable bonds is 14. The quantitative estimate of drug-likeness (QED) is 0.278. The van der Waals surface area contributed by atoms with Crippen molar-refractivity contribution < 1.29 is 9.47 Å². The van der Waals surface area contributed by atoms with Crippen LogP contribution in [0.15, 0.2) is 30.3 Å². The number of hydrogen-bond acceptors (Lipinski definition) is 2. The molecule has 0 radical (unpaired) electrons. The zero-order chi connectivity index (χ0) is 17.7. The van der Waals surface area contributed by atoms with E-state index in [2.05, 4.69) is 58.0 Å². The van der Waals surface area contributed by atoms with E-state index in [1.54, 1.807) is 0 Å². The first-order valence-corrected chi connectivity index (χ1v) is 10.1. The van der Waals surface area contributed by atoms with Crippen molar-refractivity contribution in [3.63, 3.8) is 0 Å². The molecule has 0 aliphatic carbocycles. The average Bonchev–Trinajstić information content (AvgIpc) is 2.62. The second-order valence-electron chi connectivity index (χ2n) is 6.55. The topological polar surface area (TPSA) is 18.5 Å². The van der Waals surface area contributed by atoms with Crippen molar-refractivity contribution in [1.82, 2.24) is 0 Å². The molecule has 0 aliphatic heterocycles. The molecule has 1 atom stereocenters. The molecule has 0 heterocycles. The van der Waals surface area contributed by atoms with Gasteiger partial charge < -0.3 is 9.47 Å². The van der Waals surface area contributed by atoms with Crippen LogP contribution < -0.4 is 0 Å². The minimum absolute atomic E-state index is 0.301. The molecule has 0 saturated heterocycles. The molecule has 138 valence electrons. The first-order valence-electron chi connectivity index (χ1n) is 10.1. The number of hydrogen-bond donors (Lipinski definition) is 0. The Morgan fingerprint density at radius 3 is 1.92 bits per heavy atom. The summed E-state index contributed by atoms with van der Waals surface area (Å²) in [7, 11) is 0. The van der Waals surface area contributed by atoms with Gasteiger partial charge in [-0.15, -0.1) is 0 Å². The summed E-state index contributed by atoms with van der Waals surface area (Å²) in [5.74, 6) is -0.191. The standard InChI is InChI=1S/C22H38O2/c1-5-9-10-11-12-16-19-21(20-17-14-13-15-18-20)22(6-2,23-7-3)24-8-4/h13-15,17-18,21H,5-12,16,19H2,1-4H3. The fourth-order valence-electron chi connectivity index (χ4n) is 3.64. The van der Waals surface area contributed by atoms with Gasteiger partial charge in [0.05, 0.1) is 0 Å². The van der Waals surface area contributed by atoms with Gasteiger partial charge >= 0.3 is 0 Å². The molecule has 0 N–H and O–H groups in total. The van der Waals surface area contributed by atoms with Crippen LogP contribution in [0, 0.1) is 0 Å². The summed E-state index contributed by atoms with van der Waals surface area (Å²) < 4.78 is 12.4. The van der Waals surface area contributed by atoms with Crippen molar-refractivity contribution in [3.05, 3.63) is 35.9 Å². The largest absolute Gasteiger partial charge is 0.350 e. The van der Waals surface area contributed by atoms with E-state index < -0.39 is 5.79 Å². The van der Waals surface area contributed by atoms with Crippen LogP contribution >= 0.6 is 0 Å². The smallest absolute Gasteiger partial charge is 0.174 e. The fourth-order valence-corrected chi connectivity index (χ4v) is 3.64. The van der Waals surface area contributed by atoms with Crippen molar-refractivity contribution in [1.29, 1.82) is 0 Å². The van der Waals surface area contributed by atoms with Crippen LogP contribution in [-0.2, 0) is 9.47 Å². The van der Waals surface area contributed by atoms with Crippen LogP contribution in [0.2, 0.25) is 0 Å². The minimum Gasteiger partial charge on any atom is -0.350 e. The van der Waals surface area contributed by atoms with Crippen LogP contribution in [-0.4, -0.2) is 19.0 Å². The van der Waals surface area contributed by atoms with E-state index in [0.29, 0.717) is 19.1 Å². The van der Waals surface area contributed by atoms with Crippen molar-refractivity contribution in [2.24, 2.45) is 0 Å². The highest BCUT2D eigenvalue weighted by Gasteiger charge is 2.39. The Morgan fingerprint density at radius 2 is 1.38 bits per heavy atom. The van der Waals surface area contributed by atoms with E-state index in [-0.39, 0.29) is 0 Å². The lowest BCUT2D eigenvalue weighted by Gasteiger charge is -2.40. The van der Waals surface area contributed by atoms with Crippen LogP contribution in [0.4, 0.5) is 0 Å². The van der Waals surface area contributed by atoms with Gasteiger partial charge in [0, 0.05) is 19.1 Å². The van der Waals surface area contributed by atoms with E-state index >= 15 is 0 Å². The zero-order valence-electron chi connectivity index (χ0n) is 16.4. The van der Waals surface area contributed by atoms with Gasteiger partial charge in [-0.05, 0) is 32.3 Å². The van der Waals surface area contributed by atoms with Crippen LogP contribution in [0.5, 0.6) is 0 Å². The maximum atomic E-state index is 6.21. The van der Waals surface area contributed by atoms with Gasteiger partial charge in [0.1, 0.15) is 0 Å². The summed E-state index contributed by atoms with van der Waals surface area (Å²) in [5.41, 5.74) is 1.34. The monoisotopic (exact) mass is 334 g/mol. The first kappa shape index (κ1) is 21.2. The normalized spacial score (nSPS) is 13.2. The Morgan fingerprint density at radius 1 is 0.792 bits per heavy atom. The van der Waals surface area contributed by atoms with E-state index in [9.17, 15) is 0 Å². The third-order valence-electron chi connectivity index (χ3n) is 4.85. The highest BCUT2D eigenvalue weighted by Crippen LogP contribution is 2.39. The Kier molecular flexibility index (Phi) is 11.0. The Bertz CT molecular complexity index is 396. The van der Waals surface area contributed by atoms with Gasteiger partial charge in [-0.25, -0.2) is 0 Å². The molecule has 1 aromatic carbocycles. The average molecular weight is 335 g/mol. The molecule has 2 heteroatoms. The SMILES string of the molecule is CCCCCCCCC(c1ccccc1)C(CC)(OCC)OCC. The summed E-state index contributed by atoms with van der Waals surface area (Å²) >= 11 is 0. The summed E-state index contributed by atoms with van der Waals surface area (Å²) in [5, 5.41) is 0. The molecule has 0 aromatic heterocycles. The van der Waals surface area contributed by atoms with Crippen LogP contribution in [0.25, 0.3) is 0 Å². The number of benzene rings is 1. The minimum atomic E-state index is -0.492. The molecule has 0 fully saturated rings. The fraction of sp³-hybridized carbons (Fsp3) is 0.727. The van der Waals surface area contributed by atoms with Crippen LogP contribution in [0.1, 0.15) is 90.5 Å². The number of ether oxygens (including phenoxy) is 2. The third kappa shape index (κ3) is 6.57. The molecule has 1 unspecified atom stereocenters. The maximum absolute atomic E-state index is 6.21. The van der Waals surface area contributed by atoms with Crippen molar-refractivity contribution in [2.75, 3.05) is 13.2 Å². The van der Waals surface area contributed by atoms with E-state index in [0.717, 1.165) is 12.8 Å². The van der Waals surface area contributed by atoms with Crippen molar-refractivity contribution in [2.45, 2.75) is 90.8 Å². The summed E-state index contributed by atoms with van der Waals surface area (Å²) in [4.78, 5) is 0. The maximum Gasteiger partial charge on any atom is 0.174 e. The molecular weight excluding hydrogens is 296 g/mol. The lowest BCUT2D eigenvalue weighted by molar-refractivity contribution is -0.250. The molecule has 0 saturated carbocycles. The highest BCUT2D eigenvalue weighted by atomic mass is 16.7.